The topological polar surface area (TPSA) is 37.8 Å². The lowest BCUT2D eigenvalue weighted by atomic mass is 10.1. The fraction of sp³-hybridized carbons (Fsp3) is 0.692. The summed E-state index contributed by atoms with van der Waals surface area (Å²) in [6.07, 6.45) is 1.01. The number of nitrogens with zero attached hydrogens (tertiary/aromatic N) is 2. The largest absolute Gasteiger partial charge is 0.369 e. The highest BCUT2D eigenvalue weighted by atomic mass is 127. The van der Waals surface area contributed by atoms with Crippen LogP contribution in [0, 0.1) is 9.49 Å². The lowest BCUT2D eigenvalue weighted by Crippen LogP contribution is -2.12. The Bertz CT molecular complexity index is 375. The van der Waals surface area contributed by atoms with Gasteiger partial charge in [-0.2, -0.15) is 0 Å². The Balaban J connectivity index is 3.17. The molecule has 0 fully saturated rings. The number of rotatable bonds is 5. The molecule has 3 nitrogen and oxygen atoms in total. The minimum atomic E-state index is 0.371. The molecule has 1 heterocycles. The van der Waals surface area contributed by atoms with Gasteiger partial charge in [0.25, 0.3) is 0 Å². The monoisotopic (exact) mass is 347 g/mol. The van der Waals surface area contributed by atoms with Gasteiger partial charge in [0.2, 0.25) is 0 Å². The van der Waals surface area contributed by atoms with Crippen LogP contribution in [0.15, 0.2) is 0 Å². The van der Waals surface area contributed by atoms with Crippen LogP contribution < -0.4 is 5.32 Å². The Hall–Kier alpha value is -0.390. The van der Waals surface area contributed by atoms with Crippen molar-refractivity contribution in [2.75, 3.05) is 11.9 Å². The summed E-state index contributed by atoms with van der Waals surface area (Å²) in [6.45, 7) is 11.7. The Morgan fingerprint density at radius 1 is 1.18 bits per heavy atom. The molecule has 1 aromatic heterocycles. The van der Waals surface area contributed by atoms with Gasteiger partial charge in [-0.1, -0.05) is 27.7 Å². The summed E-state index contributed by atoms with van der Waals surface area (Å²) >= 11 is 2.35. The van der Waals surface area contributed by atoms with Gasteiger partial charge in [0.05, 0.1) is 9.26 Å². The third-order valence-corrected chi connectivity index (χ3v) is 3.53. The Labute approximate surface area is 118 Å². The Morgan fingerprint density at radius 3 is 2.29 bits per heavy atom. The van der Waals surface area contributed by atoms with E-state index in [1.54, 1.807) is 0 Å². The van der Waals surface area contributed by atoms with Crippen molar-refractivity contribution < 1.29 is 0 Å². The van der Waals surface area contributed by atoms with E-state index < -0.39 is 0 Å². The fourth-order valence-electron chi connectivity index (χ4n) is 1.58. The van der Waals surface area contributed by atoms with Gasteiger partial charge in [0.15, 0.2) is 0 Å². The van der Waals surface area contributed by atoms with Crippen molar-refractivity contribution in [1.82, 2.24) is 9.97 Å². The molecule has 1 N–H and O–H groups in total. The van der Waals surface area contributed by atoms with E-state index in [9.17, 15) is 0 Å². The molecule has 0 atom stereocenters. The summed E-state index contributed by atoms with van der Waals surface area (Å²) < 4.78 is 1.17. The van der Waals surface area contributed by atoms with Crippen molar-refractivity contribution in [3.05, 3.63) is 15.1 Å². The van der Waals surface area contributed by atoms with Crippen LogP contribution in [0.2, 0.25) is 0 Å². The van der Waals surface area contributed by atoms with Gasteiger partial charge in [0, 0.05) is 12.5 Å². The van der Waals surface area contributed by atoms with Gasteiger partial charge in [-0.05, 0) is 41.9 Å². The van der Waals surface area contributed by atoms with Crippen molar-refractivity contribution in [2.45, 2.75) is 47.0 Å². The first-order valence-electron chi connectivity index (χ1n) is 6.25. The molecule has 4 heteroatoms. The molecule has 0 amide bonds. The molecule has 0 aromatic carbocycles. The highest BCUT2D eigenvalue weighted by Crippen LogP contribution is 2.23. The minimum absolute atomic E-state index is 0.371. The number of hydrogen-bond donors (Lipinski definition) is 1. The summed E-state index contributed by atoms with van der Waals surface area (Å²) in [4.78, 5) is 9.30. The van der Waals surface area contributed by atoms with Crippen molar-refractivity contribution in [2.24, 2.45) is 5.92 Å². The molecule has 1 rings (SSSR count). The second-order valence-corrected chi connectivity index (χ2v) is 6.05. The Kier molecular flexibility index (Phi) is 5.62. The summed E-state index contributed by atoms with van der Waals surface area (Å²) in [5.41, 5.74) is 1.18. The minimum Gasteiger partial charge on any atom is -0.369 e. The molecule has 17 heavy (non-hydrogen) atoms. The van der Waals surface area contributed by atoms with Gasteiger partial charge in [0.1, 0.15) is 11.6 Å². The molecule has 0 radical (unpaired) electrons. The SMILES string of the molecule is CCNc1nc(C(C)C)nc(CC(C)C)c1I. The first kappa shape index (κ1) is 14.7. The molecular weight excluding hydrogens is 325 g/mol. The molecule has 0 aliphatic heterocycles. The molecule has 0 aliphatic rings. The van der Waals surface area contributed by atoms with Gasteiger partial charge in [-0.15, -0.1) is 0 Å². The van der Waals surface area contributed by atoms with Crippen LogP contribution >= 0.6 is 22.6 Å². The zero-order valence-electron chi connectivity index (χ0n) is 11.3. The number of anilines is 1. The van der Waals surface area contributed by atoms with E-state index >= 15 is 0 Å². The third kappa shape index (κ3) is 4.08. The molecule has 0 unspecified atom stereocenters. The summed E-state index contributed by atoms with van der Waals surface area (Å²) in [5, 5.41) is 3.33. The van der Waals surface area contributed by atoms with Gasteiger partial charge < -0.3 is 5.32 Å². The molecule has 0 aliphatic carbocycles. The van der Waals surface area contributed by atoms with Crippen LogP contribution in [0.1, 0.15) is 52.1 Å². The van der Waals surface area contributed by atoms with E-state index in [2.05, 4.69) is 67.5 Å². The highest BCUT2D eigenvalue weighted by Gasteiger charge is 2.14. The zero-order valence-corrected chi connectivity index (χ0v) is 13.5. The number of hydrogen-bond acceptors (Lipinski definition) is 3. The van der Waals surface area contributed by atoms with Crippen molar-refractivity contribution in [3.63, 3.8) is 0 Å². The molecule has 0 saturated heterocycles. The number of nitrogens with one attached hydrogen (secondary N) is 1. The summed E-state index contributed by atoms with van der Waals surface area (Å²) in [7, 11) is 0. The van der Waals surface area contributed by atoms with Crippen LogP contribution in [-0.4, -0.2) is 16.5 Å². The third-order valence-electron chi connectivity index (χ3n) is 2.40. The molecule has 96 valence electrons. The zero-order chi connectivity index (χ0) is 13.0. The Morgan fingerprint density at radius 2 is 1.82 bits per heavy atom. The van der Waals surface area contributed by atoms with E-state index in [4.69, 9.17) is 4.98 Å². The van der Waals surface area contributed by atoms with Crippen LogP contribution in [0.25, 0.3) is 0 Å². The van der Waals surface area contributed by atoms with Crippen LogP contribution in [0.4, 0.5) is 5.82 Å². The quantitative estimate of drug-likeness (QED) is 0.823. The maximum absolute atomic E-state index is 4.70. The van der Waals surface area contributed by atoms with Gasteiger partial charge in [-0.3, -0.25) is 0 Å². The van der Waals surface area contributed by atoms with Gasteiger partial charge in [-0.25, -0.2) is 9.97 Å². The first-order chi connectivity index (χ1) is 7.95. The second-order valence-electron chi connectivity index (χ2n) is 4.97. The predicted molar refractivity (Wildman–Crippen MR) is 81.5 cm³/mol. The lowest BCUT2D eigenvalue weighted by Gasteiger charge is -2.14. The smallest absolute Gasteiger partial charge is 0.143 e. The summed E-state index contributed by atoms with van der Waals surface area (Å²) in [5.74, 6) is 2.92. The number of aromatic nitrogens is 2. The fourth-order valence-corrected chi connectivity index (χ4v) is 2.23. The van der Waals surface area contributed by atoms with Crippen molar-refractivity contribution >= 4 is 28.4 Å². The van der Waals surface area contributed by atoms with Crippen LogP contribution in [0.3, 0.4) is 0 Å². The van der Waals surface area contributed by atoms with E-state index in [0.717, 1.165) is 24.6 Å². The maximum atomic E-state index is 4.70. The predicted octanol–water partition coefficient (Wildman–Crippen LogP) is 3.83. The van der Waals surface area contributed by atoms with Crippen LogP contribution in [-0.2, 0) is 6.42 Å². The molecular formula is C13H22IN3. The maximum Gasteiger partial charge on any atom is 0.143 e. The molecule has 0 saturated carbocycles. The highest BCUT2D eigenvalue weighted by molar-refractivity contribution is 14.1. The normalized spacial score (nSPS) is 11.3. The van der Waals surface area contributed by atoms with Crippen molar-refractivity contribution in [3.8, 4) is 0 Å². The van der Waals surface area contributed by atoms with E-state index in [0.29, 0.717) is 11.8 Å². The lowest BCUT2D eigenvalue weighted by molar-refractivity contribution is 0.623. The van der Waals surface area contributed by atoms with E-state index in [1.807, 2.05) is 0 Å². The van der Waals surface area contributed by atoms with E-state index in [-0.39, 0.29) is 0 Å². The first-order valence-corrected chi connectivity index (χ1v) is 7.33. The second kappa shape index (κ2) is 6.52. The number of halogens is 1. The standard InChI is InChI=1S/C13H22IN3/c1-6-15-13-11(14)10(7-8(2)3)16-12(17-13)9(4)5/h8-9H,6-7H2,1-5H3,(H,15,16,17). The average molecular weight is 347 g/mol. The molecule has 1 aromatic rings. The average Bonchev–Trinajstić information content (AvgIpc) is 2.23. The van der Waals surface area contributed by atoms with E-state index in [1.165, 1.54) is 9.26 Å². The van der Waals surface area contributed by atoms with Crippen LogP contribution in [0.5, 0.6) is 0 Å². The molecule has 0 spiro atoms. The van der Waals surface area contributed by atoms with Gasteiger partial charge >= 0.3 is 0 Å². The van der Waals surface area contributed by atoms with Crippen molar-refractivity contribution in [1.29, 1.82) is 0 Å². The summed E-state index contributed by atoms with van der Waals surface area (Å²) in [6, 6.07) is 0. The molecule has 0 bridgehead atoms.